The van der Waals surface area contributed by atoms with Crippen molar-refractivity contribution in [2.45, 2.75) is 26.7 Å². The zero-order valence-corrected chi connectivity index (χ0v) is 16.0. The number of nitrogens with zero attached hydrogens (tertiary/aromatic N) is 1. The Morgan fingerprint density at radius 2 is 1.81 bits per heavy atom. The monoisotopic (exact) mass is 354 g/mol. The molecule has 138 valence electrons. The minimum atomic E-state index is -0.516. The molecule has 0 aliphatic rings. The summed E-state index contributed by atoms with van der Waals surface area (Å²) in [5.74, 6) is -0.586. The second-order valence-corrected chi connectivity index (χ2v) is 6.76. The van der Waals surface area contributed by atoms with Crippen LogP contribution in [-0.4, -0.2) is 32.6 Å². The van der Waals surface area contributed by atoms with Crippen molar-refractivity contribution >= 4 is 23.3 Å². The molecule has 0 aromatic heterocycles. The lowest BCUT2D eigenvalue weighted by atomic mass is 9.98. The van der Waals surface area contributed by atoms with Gasteiger partial charge in [-0.2, -0.15) is 0 Å². The van der Waals surface area contributed by atoms with E-state index in [0.717, 1.165) is 22.5 Å². The van der Waals surface area contributed by atoms with E-state index in [2.05, 4.69) is 19.2 Å². The van der Waals surface area contributed by atoms with Crippen LogP contribution in [0.2, 0.25) is 0 Å². The molecule has 2 aromatic rings. The van der Waals surface area contributed by atoms with E-state index in [-0.39, 0.29) is 18.4 Å². The highest BCUT2D eigenvalue weighted by atomic mass is 16.5. The number of nitrogens with one attached hydrogen (secondary N) is 1. The highest BCUT2D eigenvalue weighted by Crippen LogP contribution is 2.27. The third kappa shape index (κ3) is 4.85. The Morgan fingerprint density at radius 3 is 2.46 bits per heavy atom. The minimum absolute atomic E-state index is 0.279. The normalized spacial score (nSPS) is 10.5. The molecule has 0 bridgehead atoms. The SMILES string of the molecule is Cc1cccc(C(C)C)c1NC(=O)COC(=O)c1cccc(N(C)C)c1. The number of esters is 1. The Kier molecular flexibility index (Phi) is 6.39. The standard InChI is InChI=1S/C21H26N2O3/c1-14(2)18-11-6-8-15(3)20(18)22-19(24)13-26-21(25)16-9-7-10-17(12-16)23(4)5/h6-12,14H,13H2,1-5H3,(H,22,24). The largest absolute Gasteiger partial charge is 0.452 e. The molecule has 0 unspecified atom stereocenters. The van der Waals surface area contributed by atoms with Crippen LogP contribution in [0.1, 0.15) is 41.3 Å². The predicted octanol–water partition coefficient (Wildman–Crippen LogP) is 3.98. The first kappa shape index (κ1) is 19.5. The molecule has 0 atom stereocenters. The molecule has 5 nitrogen and oxygen atoms in total. The second kappa shape index (κ2) is 8.52. The van der Waals surface area contributed by atoms with Crippen LogP contribution >= 0.6 is 0 Å². The van der Waals surface area contributed by atoms with E-state index in [1.165, 1.54) is 0 Å². The summed E-state index contributed by atoms with van der Waals surface area (Å²) in [4.78, 5) is 26.3. The summed E-state index contributed by atoms with van der Waals surface area (Å²) in [6, 6.07) is 13.0. The zero-order chi connectivity index (χ0) is 19.3. The summed E-state index contributed by atoms with van der Waals surface area (Å²) in [5, 5.41) is 2.87. The van der Waals surface area contributed by atoms with Crippen LogP contribution in [0.4, 0.5) is 11.4 Å². The molecule has 0 saturated carbocycles. The number of anilines is 2. The topological polar surface area (TPSA) is 58.6 Å². The van der Waals surface area contributed by atoms with Gasteiger partial charge in [-0.05, 0) is 42.2 Å². The van der Waals surface area contributed by atoms with E-state index >= 15 is 0 Å². The maximum Gasteiger partial charge on any atom is 0.338 e. The lowest BCUT2D eigenvalue weighted by molar-refractivity contribution is -0.119. The number of hydrogen-bond acceptors (Lipinski definition) is 4. The van der Waals surface area contributed by atoms with Crippen LogP contribution in [0.15, 0.2) is 42.5 Å². The van der Waals surface area contributed by atoms with Crippen molar-refractivity contribution < 1.29 is 14.3 Å². The first-order valence-electron chi connectivity index (χ1n) is 8.63. The van der Waals surface area contributed by atoms with E-state index in [1.54, 1.807) is 18.2 Å². The fourth-order valence-corrected chi connectivity index (χ4v) is 2.64. The summed E-state index contributed by atoms with van der Waals surface area (Å²) in [7, 11) is 3.79. The number of para-hydroxylation sites is 1. The van der Waals surface area contributed by atoms with E-state index in [0.29, 0.717) is 5.56 Å². The summed E-state index contributed by atoms with van der Waals surface area (Å²) in [6.07, 6.45) is 0. The van der Waals surface area contributed by atoms with Crippen LogP contribution in [0.5, 0.6) is 0 Å². The third-order valence-electron chi connectivity index (χ3n) is 4.12. The predicted molar refractivity (Wildman–Crippen MR) is 105 cm³/mol. The first-order valence-corrected chi connectivity index (χ1v) is 8.63. The van der Waals surface area contributed by atoms with Gasteiger partial charge in [-0.3, -0.25) is 4.79 Å². The highest BCUT2D eigenvalue weighted by Gasteiger charge is 2.15. The Morgan fingerprint density at radius 1 is 1.12 bits per heavy atom. The third-order valence-corrected chi connectivity index (χ3v) is 4.12. The summed E-state index contributed by atoms with van der Waals surface area (Å²) >= 11 is 0. The van der Waals surface area contributed by atoms with Gasteiger partial charge in [-0.15, -0.1) is 0 Å². The van der Waals surface area contributed by atoms with Gasteiger partial charge in [0.25, 0.3) is 5.91 Å². The quantitative estimate of drug-likeness (QED) is 0.797. The Balaban J connectivity index is 2.01. The number of carbonyl (C=O) groups is 2. The number of benzene rings is 2. The molecule has 0 radical (unpaired) electrons. The molecule has 2 rings (SSSR count). The van der Waals surface area contributed by atoms with Crippen molar-refractivity contribution in [1.82, 2.24) is 0 Å². The molecule has 0 heterocycles. The van der Waals surface area contributed by atoms with E-state index < -0.39 is 5.97 Å². The van der Waals surface area contributed by atoms with Gasteiger partial charge in [0, 0.05) is 25.5 Å². The lowest BCUT2D eigenvalue weighted by Crippen LogP contribution is -2.22. The van der Waals surface area contributed by atoms with E-state index in [9.17, 15) is 9.59 Å². The molecule has 0 fully saturated rings. The molecule has 0 aliphatic heterocycles. The molecule has 26 heavy (non-hydrogen) atoms. The maximum atomic E-state index is 12.3. The summed E-state index contributed by atoms with van der Waals surface area (Å²) < 4.78 is 5.17. The molecule has 5 heteroatoms. The van der Waals surface area contributed by atoms with E-state index in [1.807, 2.05) is 50.2 Å². The van der Waals surface area contributed by atoms with Crippen LogP contribution < -0.4 is 10.2 Å². The average molecular weight is 354 g/mol. The molecular formula is C21H26N2O3. The minimum Gasteiger partial charge on any atom is -0.452 e. The van der Waals surface area contributed by atoms with Gasteiger partial charge in [-0.1, -0.05) is 38.1 Å². The van der Waals surface area contributed by atoms with Crippen LogP contribution in [-0.2, 0) is 9.53 Å². The van der Waals surface area contributed by atoms with Crippen molar-refractivity contribution in [2.24, 2.45) is 0 Å². The van der Waals surface area contributed by atoms with Crippen molar-refractivity contribution in [1.29, 1.82) is 0 Å². The molecule has 0 spiro atoms. The molecule has 2 aromatic carbocycles. The second-order valence-electron chi connectivity index (χ2n) is 6.76. The number of rotatable bonds is 6. The summed E-state index contributed by atoms with van der Waals surface area (Å²) in [5.41, 5.74) is 4.14. The van der Waals surface area contributed by atoms with Crippen molar-refractivity contribution in [3.63, 3.8) is 0 Å². The highest BCUT2D eigenvalue weighted by molar-refractivity contribution is 5.96. The fraction of sp³-hybridized carbons (Fsp3) is 0.333. The van der Waals surface area contributed by atoms with Gasteiger partial charge in [0.05, 0.1) is 5.56 Å². The van der Waals surface area contributed by atoms with Gasteiger partial charge in [0.15, 0.2) is 6.61 Å². The van der Waals surface area contributed by atoms with Crippen molar-refractivity contribution in [3.05, 3.63) is 59.2 Å². The van der Waals surface area contributed by atoms with Gasteiger partial charge < -0.3 is 15.0 Å². The Hall–Kier alpha value is -2.82. The Labute approximate surface area is 155 Å². The number of hydrogen-bond donors (Lipinski definition) is 1. The Bertz CT molecular complexity index is 798. The zero-order valence-electron chi connectivity index (χ0n) is 16.0. The molecule has 1 N–H and O–H groups in total. The van der Waals surface area contributed by atoms with Gasteiger partial charge in [-0.25, -0.2) is 4.79 Å². The maximum absolute atomic E-state index is 12.3. The van der Waals surface area contributed by atoms with Crippen molar-refractivity contribution in [2.75, 3.05) is 30.9 Å². The summed E-state index contributed by atoms with van der Waals surface area (Å²) in [6.45, 7) is 5.77. The van der Waals surface area contributed by atoms with E-state index in [4.69, 9.17) is 4.74 Å². The lowest BCUT2D eigenvalue weighted by Gasteiger charge is -2.16. The number of aryl methyl sites for hydroxylation is 1. The number of ether oxygens (including phenoxy) is 1. The smallest absolute Gasteiger partial charge is 0.338 e. The van der Waals surface area contributed by atoms with Gasteiger partial charge >= 0.3 is 5.97 Å². The van der Waals surface area contributed by atoms with Crippen LogP contribution in [0.3, 0.4) is 0 Å². The molecule has 0 saturated heterocycles. The first-order chi connectivity index (χ1) is 12.3. The average Bonchev–Trinajstić information content (AvgIpc) is 2.61. The molecule has 1 amide bonds. The molecular weight excluding hydrogens is 328 g/mol. The van der Waals surface area contributed by atoms with Gasteiger partial charge in [0.1, 0.15) is 0 Å². The van der Waals surface area contributed by atoms with Crippen molar-refractivity contribution in [3.8, 4) is 0 Å². The molecule has 0 aliphatic carbocycles. The fourth-order valence-electron chi connectivity index (χ4n) is 2.64. The van der Waals surface area contributed by atoms with Crippen LogP contribution in [0.25, 0.3) is 0 Å². The van der Waals surface area contributed by atoms with Gasteiger partial charge in [0.2, 0.25) is 0 Å². The number of amides is 1. The van der Waals surface area contributed by atoms with Crippen LogP contribution in [0, 0.1) is 6.92 Å². The number of carbonyl (C=O) groups excluding carboxylic acids is 2.